The van der Waals surface area contributed by atoms with Gasteiger partial charge in [-0.3, -0.25) is 9.69 Å². The lowest BCUT2D eigenvalue weighted by Crippen LogP contribution is -2.49. The highest BCUT2D eigenvalue weighted by atomic mass is 16.5. The number of hydrogen-bond donors (Lipinski definition) is 1. The molecule has 106 valence electrons. The van der Waals surface area contributed by atoms with Crippen molar-refractivity contribution in [3.63, 3.8) is 0 Å². The molecule has 1 fully saturated rings. The highest BCUT2D eigenvalue weighted by Crippen LogP contribution is 2.25. The van der Waals surface area contributed by atoms with E-state index in [2.05, 4.69) is 31.0 Å². The van der Waals surface area contributed by atoms with Crippen LogP contribution in [-0.4, -0.2) is 49.2 Å². The molecule has 3 atom stereocenters. The highest BCUT2D eigenvalue weighted by molar-refractivity contribution is 5.75. The monoisotopic (exact) mass is 256 g/mol. The van der Waals surface area contributed by atoms with E-state index in [0.29, 0.717) is 12.1 Å². The fourth-order valence-corrected chi connectivity index (χ4v) is 2.79. The van der Waals surface area contributed by atoms with Crippen LogP contribution in [0.4, 0.5) is 0 Å². The van der Waals surface area contributed by atoms with Gasteiger partial charge < -0.3 is 10.1 Å². The number of ether oxygens (including phenoxy) is 1. The van der Waals surface area contributed by atoms with Crippen molar-refractivity contribution < 1.29 is 9.53 Å². The summed E-state index contributed by atoms with van der Waals surface area (Å²) in [5.41, 5.74) is 0. The summed E-state index contributed by atoms with van der Waals surface area (Å²) in [6.07, 6.45) is 4.67. The van der Waals surface area contributed by atoms with E-state index in [9.17, 15) is 4.79 Å². The van der Waals surface area contributed by atoms with Crippen LogP contribution in [0.5, 0.6) is 0 Å². The minimum atomic E-state index is -0.190. The molecule has 0 aromatic rings. The van der Waals surface area contributed by atoms with Gasteiger partial charge in [0.15, 0.2) is 0 Å². The standard InChI is InChI=1S/C14H28N2O2/c1-5-9-15-13(14(17)18-4)10-16-11(3)7-8-12(16)6-2/h11-13,15H,5-10H2,1-4H3. The summed E-state index contributed by atoms with van der Waals surface area (Å²) in [5, 5.41) is 3.30. The van der Waals surface area contributed by atoms with Gasteiger partial charge in [-0.25, -0.2) is 0 Å². The largest absolute Gasteiger partial charge is 0.468 e. The first-order valence-corrected chi connectivity index (χ1v) is 7.20. The zero-order valence-corrected chi connectivity index (χ0v) is 12.2. The quantitative estimate of drug-likeness (QED) is 0.705. The molecule has 1 aliphatic heterocycles. The first-order chi connectivity index (χ1) is 8.63. The third-order valence-corrected chi connectivity index (χ3v) is 3.94. The average molecular weight is 256 g/mol. The van der Waals surface area contributed by atoms with Crippen LogP contribution < -0.4 is 5.32 Å². The molecule has 1 heterocycles. The number of esters is 1. The smallest absolute Gasteiger partial charge is 0.324 e. The lowest BCUT2D eigenvalue weighted by Gasteiger charge is -2.31. The van der Waals surface area contributed by atoms with Crippen LogP contribution in [0.15, 0.2) is 0 Å². The Morgan fingerprint density at radius 2 is 2.17 bits per heavy atom. The number of methoxy groups -OCH3 is 1. The number of likely N-dealkylation sites (tertiary alicyclic amines) is 1. The summed E-state index contributed by atoms with van der Waals surface area (Å²) >= 11 is 0. The zero-order valence-electron chi connectivity index (χ0n) is 12.2. The van der Waals surface area contributed by atoms with Gasteiger partial charge in [-0.15, -0.1) is 0 Å². The Balaban J connectivity index is 2.60. The fourth-order valence-electron chi connectivity index (χ4n) is 2.79. The number of nitrogens with one attached hydrogen (secondary N) is 1. The summed E-state index contributed by atoms with van der Waals surface area (Å²) < 4.78 is 4.90. The SMILES string of the molecule is CCCNC(CN1C(C)CCC1CC)C(=O)OC. The lowest BCUT2D eigenvalue weighted by atomic mass is 10.1. The Labute approximate surface area is 111 Å². The Morgan fingerprint density at radius 1 is 1.44 bits per heavy atom. The van der Waals surface area contributed by atoms with Crippen molar-refractivity contribution in [1.82, 2.24) is 10.2 Å². The van der Waals surface area contributed by atoms with Crippen molar-refractivity contribution in [1.29, 1.82) is 0 Å². The molecule has 0 aliphatic carbocycles. The molecule has 3 unspecified atom stereocenters. The van der Waals surface area contributed by atoms with Gasteiger partial charge in [-0.05, 0) is 39.2 Å². The number of rotatable bonds is 7. The fraction of sp³-hybridized carbons (Fsp3) is 0.929. The zero-order chi connectivity index (χ0) is 13.5. The van der Waals surface area contributed by atoms with Gasteiger partial charge in [0.05, 0.1) is 7.11 Å². The second-order valence-corrected chi connectivity index (χ2v) is 5.22. The summed E-state index contributed by atoms with van der Waals surface area (Å²) in [5.74, 6) is -0.141. The van der Waals surface area contributed by atoms with E-state index in [1.807, 2.05) is 0 Å². The van der Waals surface area contributed by atoms with E-state index < -0.39 is 0 Å². The number of carbonyl (C=O) groups excluding carboxylic acids is 1. The molecule has 18 heavy (non-hydrogen) atoms. The van der Waals surface area contributed by atoms with Crippen LogP contribution in [0.3, 0.4) is 0 Å². The molecule has 0 radical (unpaired) electrons. The minimum absolute atomic E-state index is 0.141. The van der Waals surface area contributed by atoms with E-state index in [0.717, 1.165) is 25.9 Å². The molecule has 0 aromatic heterocycles. The average Bonchev–Trinajstić information content (AvgIpc) is 2.74. The highest BCUT2D eigenvalue weighted by Gasteiger charge is 2.32. The normalized spacial score (nSPS) is 26.2. The van der Waals surface area contributed by atoms with E-state index in [4.69, 9.17) is 4.74 Å². The van der Waals surface area contributed by atoms with Gasteiger partial charge in [-0.1, -0.05) is 13.8 Å². The number of nitrogens with zero attached hydrogens (tertiary/aromatic N) is 1. The van der Waals surface area contributed by atoms with Crippen molar-refractivity contribution in [3.8, 4) is 0 Å². The molecule has 4 nitrogen and oxygen atoms in total. The molecule has 1 saturated heterocycles. The van der Waals surface area contributed by atoms with Crippen molar-refractivity contribution in [2.24, 2.45) is 0 Å². The Morgan fingerprint density at radius 3 is 2.72 bits per heavy atom. The van der Waals surface area contributed by atoms with Crippen LogP contribution >= 0.6 is 0 Å². The van der Waals surface area contributed by atoms with Gasteiger partial charge >= 0.3 is 5.97 Å². The van der Waals surface area contributed by atoms with E-state index >= 15 is 0 Å². The molecule has 0 bridgehead atoms. The summed E-state index contributed by atoms with van der Waals surface area (Å²) in [6, 6.07) is 1.01. The van der Waals surface area contributed by atoms with Crippen LogP contribution in [0.1, 0.15) is 46.5 Å². The van der Waals surface area contributed by atoms with Gasteiger partial charge in [0, 0.05) is 18.6 Å². The van der Waals surface area contributed by atoms with Gasteiger partial charge in [-0.2, -0.15) is 0 Å². The van der Waals surface area contributed by atoms with Crippen molar-refractivity contribution in [2.75, 3.05) is 20.2 Å². The second kappa shape index (κ2) is 7.74. The molecule has 4 heteroatoms. The van der Waals surface area contributed by atoms with E-state index in [-0.39, 0.29) is 12.0 Å². The third-order valence-electron chi connectivity index (χ3n) is 3.94. The Bertz CT molecular complexity index is 258. The lowest BCUT2D eigenvalue weighted by molar-refractivity contribution is -0.143. The maximum absolute atomic E-state index is 11.8. The Hall–Kier alpha value is -0.610. The van der Waals surface area contributed by atoms with Crippen LogP contribution in [0, 0.1) is 0 Å². The minimum Gasteiger partial charge on any atom is -0.468 e. The molecule has 1 rings (SSSR count). The van der Waals surface area contributed by atoms with E-state index in [1.165, 1.54) is 20.0 Å². The van der Waals surface area contributed by atoms with Crippen LogP contribution in [0.25, 0.3) is 0 Å². The summed E-state index contributed by atoms with van der Waals surface area (Å²) in [6.45, 7) is 8.21. The number of hydrogen-bond acceptors (Lipinski definition) is 4. The predicted molar refractivity (Wildman–Crippen MR) is 73.6 cm³/mol. The van der Waals surface area contributed by atoms with Gasteiger partial charge in [0.25, 0.3) is 0 Å². The van der Waals surface area contributed by atoms with Crippen LogP contribution in [0.2, 0.25) is 0 Å². The molecular weight excluding hydrogens is 228 g/mol. The molecule has 0 spiro atoms. The van der Waals surface area contributed by atoms with Gasteiger partial charge in [0.2, 0.25) is 0 Å². The van der Waals surface area contributed by atoms with Crippen molar-refractivity contribution in [3.05, 3.63) is 0 Å². The molecule has 1 aliphatic rings. The third kappa shape index (κ3) is 3.95. The summed E-state index contributed by atoms with van der Waals surface area (Å²) in [7, 11) is 1.47. The van der Waals surface area contributed by atoms with Crippen LogP contribution in [-0.2, 0) is 9.53 Å². The van der Waals surface area contributed by atoms with Gasteiger partial charge in [0.1, 0.15) is 6.04 Å². The molecule has 1 N–H and O–H groups in total. The van der Waals surface area contributed by atoms with E-state index in [1.54, 1.807) is 0 Å². The molecular formula is C14H28N2O2. The van der Waals surface area contributed by atoms with Crippen molar-refractivity contribution >= 4 is 5.97 Å². The predicted octanol–water partition coefficient (Wildman–Crippen LogP) is 1.79. The maximum Gasteiger partial charge on any atom is 0.324 e. The molecule has 0 amide bonds. The topological polar surface area (TPSA) is 41.6 Å². The maximum atomic E-state index is 11.8. The number of carbonyl (C=O) groups is 1. The molecule has 0 aromatic carbocycles. The Kier molecular flexibility index (Phi) is 6.65. The molecule has 0 saturated carbocycles. The first kappa shape index (κ1) is 15.4. The van der Waals surface area contributed by atoms with Crippen molar-refractivity contribution in [2.45, 2.75) is 64.6 Å². The first-order valence-electron chi connectivity index (χ1n) is 7.20. The summed E-state index contributed by atoms with van der Waals surface area (Å²) in [4.78, 5) is 14.3. The second-order valence-electron chi connectivity index (χ2n) is 5.22.